The Labute approximate surface area is 110 Å². The number of benzene rings is 1. The monoisotopic (exact) mass is 258 g/mol. The van der Waals surface area contributed by atoms with Crippen LogP contribution in [0.1, 0.15) is 17.2 Å². The van der Waals surface area contributed by atoms with Gasteiger partial charge in [0.05, 0.1) is 12.1 Å². The fourth-order valence-corrected chi connectivity index (χ4v) is 2.43. The summed E-state index contributed by atoms with van der Waals surface area (Å²) >= 11 is 0. The summed E-state index contributed by atoms with van der Waals surface area (Å²) < 4.78 is 1.45. The highest BCUT2D eigenvalue weighted by atomic mass is 16.3. The number of nitrogens with one attached hydrogen (secondary N) is 1. The summed E-state index contributed by atoms with van der Waals surface area (Å²) in [4.78, 5) is 15.7. The predicted molar refractivity (Wildman–Crippen MR) is 67.1 cm³/mol. The van der Waals surface area contributed by atoms with Crippen molar-refractivity contribution in [2.75, 3.05) is 0 Å². The molecule has 0 bridgehead atoms. The Morgan fingerprint density at radius 1 is 1.47 bits per heavy atom. The van der Waals surface area contributed by atoms with E-state index in [1.54, 1.807) is 0 Å². The molecule has 1 aromatic carbocycles. The van der Waals surface area contributed by atoms with Crippen LogP contribution in [0.25, 0.3) is 0 Å². The Balaban J connectivity index is 1.71. The molecular weight excluding hydrogens is 244 g/mol. The molecule has 1 heterocycles. The van der Waals surface area contributed by atoms with Crippen LogP contribution >= 0.6 is 0 Å². The summed E-state index contributed by atoms with van der Waals surface area (Å²) in [6.45, 7) is 0.103. The normalized spacial score (nSPS) is 21.1. The zero-order valence-electron chi connectivity index (χ0n) is 10.2. The molecule has 1 aliphatic rings. The van der Waals surface area contributed by atoms with E-state index in [1.807, 2.05) is 24.3 Å². The topological polar surface area (TPSA) is 80.0 Å². The number of aliphatic hydroxyl groups excluding tert-OH is 1. The summed E-state index contributed by atoms with van der Waals surface area (Å²) in [6, 6.07) is 7.42. The maximum Gasteiger partial charge on any atom is 0.242 e. The molecule has 6 heteroatoms. The van der Waals surface area contributed by atoms with Gasteiger partial charge in [0.25, 0.3) is 0 Å². The Morgan fingerprint density at radius 3 is 3.11 bits per heavy atom. The first-order valence-corrected chi connectivity index (χ1v) is 6.11. The molecule has 0 unspecified atom stereocenters. The summed E-state index contributed by atoms with van der Waals surface area (Å²) in [7, 11) is 0. The van der Waals surface area contributed by atoms with Crippen molar-refractivity contribution in [2.24, 2.45) is 0 Å². The van der Waals surface area contributed by atoms with Gasteiger partial charge in [-0.05, 0) is 11.1 Å². The summed E-state index contributed by atoms with van der Waals surface area (Å²) in [5, 5.41) is 16.8. The third kappa shape index (κ3) is 2.34. The van der Waals surface area contributed by atoms with E-state index >= 15 is 0 Å². The van der Waals surface area contributed by atoms with E-state index in [2.05, 4.69) is 15.4 Å². The second-order valence-corrected chi connectivity index (χ2v) is 4.61. The quantitative estimate of drug-likeness (QED) is 0.815. The molecule has 6 nitrogen and oxygen atoms in total. The maximum atomic E-state index is 11.9. The summed E-state index contributed by atoms with van der Waals surface area (Å²) in [5.41, 5.74) is 2.07. The van der Waals surface area contributed by atoms with Crippen LogP contribution in [0.15, 0.2) is 36.9 Å². The molecule has 0 spiro atoms. The average Bonchev–Trinajstić information content (AvgIpc) is 2.99. The highest BCUT2D eigenvalue weighted by Gasteiger charge is 2.31. The lowest BCUT2D eigenvalue weighted by molar-refractivity contribution is -0.123. The number of aliphatic hydroxyl groups is 1. The van der Waals surface area contributed by atoms with Crippen molar-refractivity contribution in [1.29, 1.82) is 0 Å². The Bertz CT molecular complexity index is 582. The van der Waals surface area contributed by atoms with Gasteiger partial charge in [-0.2, -0.15) is 5.10 Å². The molecule has 0 aliphatic heterocycles. The molecule has 2 N–H and O–H groups in total. The lowest BCUT2D eigenvalue weighted by atomic mass is 10.1. The molecule has 0 saturated heterocycles. The minimum Gasteiger partial charge on any atom is -0.390 e. The number of carbonyl (C=O) groups is 1. The Kier molecular flexibility index (Phi) is 3.00. The smallest absolute Gasteiger partial charge is 0.242 e. The standard InChI is InChI=1S/C13H14N4O2/c18-11-5-9-3-1-2-4-10(9)13(11)16-12(19)6-17-8-14-7-15-17/h1-4,7-8,11,13,18H,5-6H2,(H,16,19)/t11-,13+/m0/s1. The molecule has 0 radical (unpaired) electrons. The van der Waals surface area contributed by atoms with Crippen molar-refractivity contribution in [3.8, 4) is 0 Å². The molecule has 1 aromatic heterocycles. The number of amides is 1. The van der Waals surface area contributed by atoms with Gasteiger partial charge in [0, 0.05) is 6.42 Å². The first-order chi connectivity index (χ1) is 9.24. The van der Waals surface area contributed by atoms with E-state index in [0.29, 0.717) is 6.42 Å². The van der Waals surface area contributed by atoms with Crippen LogP contribution in [0.3, 0.4) is 0 Å². The lowest BCUT2D eigenvalue weighted by Gasteiger charge is -2.17. The molecule has 3 rings (SSSR count). The fourth-order valence-electron chi connectivity index (χ4n) is 2.43. The van der Waals surface area contributed by atoms with E-state index < -0.39 is 6.10 Å². The van der Waals surface area contributed by atoms with E-state index in [9.17, 15) is 9.90 Å². The van der Waals surface area contributed by atoms with Gasteiger partial charge in [-0.1, -0.05) is 24.3 Å². The minimum atomic E-state index is -0.572. The van der Waals surface area contributed by atoms with Gasteiger partial charge in [-0.3, -0.25) is 4.79 Å². The van der Waals surface area contributed by atoms with Crippen LogP contribution < -0.4 is 5.32 Å². The van der Waals surface area contributed by atoms with Gasteiger partial charge in [0.15, 0.2) is 0 Å². The third-order valence-corrected chi connectivity index (χ3v) is 3.29. The number of nitrogens with zero attached hydrogens (tertiary/aromatic N) is 3. The largest absolute Gasteiger partial charge is 0.390 e. The van der Waals surface area contributed by atoms with Crippen molar-refractivity contribution < 1.29 is 9.90 Å². The average molecular weight is 258 g/mol. The van der Waals surface area contributed by atoms with Gasteiger partial charge in [-0.15, -0.1) is 0 Å². The molecule has 2 atom stereocenters. The van der Waals surface area contributed by atoms with Gasteiger partial charge in [-0.25, -0.2) is 9.67 Å². The Hall–Kier alpha value is -2.21. The van der Waals surface area contributed by atoms with E-state index in [1.165, 1.54) is 17.3 Å². The van der Waals surface area contributed by atoms with Gasteiger partial charge >= 0.3 is 0 Å². The zero-order valence-corrected chi connectivity index (χ0v) is 10.2. The summed E-state index contributed by atoms with van der Waals surface area (Å²) in [5.74, 6) is -0.189. The second kappa shape index (κ2) is 4.81. The number of hydrogen-bond acceptors (Lipinski definition) is 4. The molecule has 2 aromatic rings. The maximum absolute atomic E-state index is 11.9. The Morgan fingerprint density at radius 2 is 2.32 bits per heavy atom. The van der Waals surface area contributed by atoms with E-state index in [0.717, 1.165) is 11.1 Å². The number of fused-ring (bicyclic) bond motifs is 1. The van der Waals surface area contributed by atoms with Crippen molar-refractivity contribution in [3.63, 3.8) is 0 Å². The van der Waals surface area contributed by atoms with Crippen LogP contribution in [0, 0.1) is 0 Å². The SMILES string of the molecule is O=C(Cn1cncn1)N[C@@H]1c2ccccc2C[C@@H]1O. The third-order valence-electron chi connectivity index (χ3n) is 3.29. The van der Waals surface area contributed by atoms with Crippen molar-refractivity contribution >= 4 is 5.91 Å². The highest BCUT2D eigenvalue weighted by molar-refractivity contribution is 5.76. The van der Waals surface area contributed by atoms with Crippen molar-refractivity contribution in [2.45, 2.75) is 25.1 Å². The van der Waals surface area contributed by atoms with Crippen LogP contribution in [-0.2, 0) is 17.8 Å². The number of carbonyl (C=O) groups excluding carboxylic acids is 1. The molecule has 1 aliphatic carbocycles. The fraction of sp³-hybridized carbons (Fsp3) is 0.308. The van der Waals surface area contributed by atoms with Crippen molar-refractivity contribution in [3.05, 3.63) is 48.0 Å². The highest BCUT2D eigenvalue weighted by Crippen LogP contribution is 2.31. The molecular formula is C13H14N4O2. The van der Waals surface area contributed by atoms with E-state index in [-0.39, 0.29) is 18.5 Å². The van der Waals surface area contributed by atoms with Crippen molar-refractivity contribution in [1.82, 2.24) is 20.1 Å². The van der Waals surface area contributed by atoms with Crippen LogP contribution in [-0.4, -0.2) is 31.9 Å². The second-order valence-electron chi connectivity index (χ2n) is 4.61. The van der Waals surface area contributed by atoms with Crippen LogP contribution in [0.2, 0.25) is 0 Å². The first-order valence-electron chi connectivity index (χ1n) is 6.11. The molecule has 0 fully saturated rings. The molecule has 19 heavy (non-hydrogen) atoms. The molecule has 1 amide bonds. The molecule has 98 valence electrons. The van der Waals surface area contributed by atoms with E-state index in [4.69, 9.17) is 0 Å². The first kappa shape index (κ1) is 11.9. The van der Waals surface area contributed by atoms with Gasteiger partial charge < -0.3 is 10.4 Å². The minimum absolute atomic E-state index is 0.103. The van der Waals surface area contributed by atoms with Gasteiger partial charge in [0.2, 0.25) is 5.91 Å². The van der Waals surface area contributed by atoms with Crippen LogP contribution in [0.5, 0.6) is 0 Å². The zero-order chi connectivity index (χ0) is 13.2. The number of hydrogen-bond donors (Lipinski definition) is 2. The predicted octanol–water partition coefficient (Wildman–Crippen LogP) is 0.0526. The van der Waals surface area contributed by atoms with Crippen LogP contribution in [0.4, 0.5) is 0 Å². The summed E-state index contributed by atoms with van der Waals surface area (Å²) in [6.07, 6.45) is 2.87. The van der Waals surface area contributed by atoms with Gasteiger partial charge in [0.1, 0.15) is 19.2 Å². The molecule has 0 saturated carbocycles. The number of rotatable bonds is 3. The lowest BCUT2D eigenvalue weighted by Crippen LogP contribution is -2.36. The number of aromatic nitrogens is 3.